The van der Waals surface area contributed by atoms with E-state index in [0.717, 1.165) is 11.6 Å². The standard InChI is InChI=1S/C32H38O16/c1-12(2)3-8-15-17(44-31-26(42)24(40)21(37)18(10-33)45-31)9-16(36)20-23(39)30(28(47-29(15)20)13-4-6-14(35)7-5-13)48-32-27(43)25(41)22(38)19(11-34)46-32/h3-7,9,18-19,21-22,24-27,31-38,40-43H,8,10-11H2,1-2H3/t18-,19-,21+,22+,24+,25+,26-,27-,31-,32+/m1/s1. The van der Waals surface area contributed by atoms with Crippen LogP contribution in [0.3, 0.4) is 0 Å². The zero-order valence-corrected chi connectivity index (χ0v) is 25.8. The van der Waals surface area contributed by atoms with Crippen molar-refractivity contribution in [1.29, 1.82) is 0 Å². The first-order chi connectivity index (χ1) is 22.8. The molecule has 2 aliphatic rings. The SMILES string of the molecule is CC(C)=CCc1c(O[C@@H]2O[C@H](CO)[C@H](O)[C@H](O)[C@H]2O)cc(O)c2c(=O)c(O[C@@H]3O[C@H](CO)[C@H](O)[C@H](O)[C@H]3O)c(-c3ccc(O)cc3)oc12. The molecule has 2 aromatic carbocycles. The van der Waals surface area contributed by atoms with E-state index in [2.05, 4.69) is 0 Å². The van der Waals surface area contributed by atoms with Gasteiger partial charge in [0.1, 0.15) is 77.0 Å². The number of allylic oxidation sites excluding steroid dienone is 2. The van der Waals surface area contributed by atoms with Crippen LogP contribution < -0.4 is 14.9 Å². The van der Waals surface area contributed by atoms with Gasteiger partial charge in [0, 0.05) is 17.2 Å². The Kier molecular flexibility index (Phi) is 10.6. The summed E-state index contributed by atoms with van der Waals surface area (Å²) in [5.74, 6) is -1.88. The highest BCUT2D eigenvalue weighted by atomic mass is 16.7. The number of aliphatic hydroxyl groups excluding tert-OH is 8. The van der Waals surface area contributed by atoms with Gasteiger partial charge in [-0.15, -0.1) is 0 Å². The van der Waals surface area contributed by atoms with Crippen LogP contribution in [0.25, 0.3) is 22.3 Å². The van der Waals surface area contributed by atoms with Gasteiger partial charge in [0.25, 0.3) is 0 Å². The van der Waals surface area contributed by atoms with Crippen LogP contribution in [0.1, 0.15) is 19.4 Å². The summed E-state index contributed by atoms with van der Waals surface area (Å²) in [7, 11) is 0. The first kappa shape index (κ1) is 35.5. The van der Waals surface area contributed by atoms with Gasteiger partial charge >= 0.3 is 0 Å². The molecule has 0 spiro atoms. The summed E-state index contributed by atoms with van der Waals surface area (Å²) < 4.78 is 28.8. The van der Waals surface area contributed by atoms with E-state index in [9.17, 15) is 55.9 Å². The molecule has 10 N–H and O–H groups in total. The summed E-state index contributed by atoms with van der Waals surface area (Å²) in [6.07, 6.45) is -15.0. The highest BCUT2D eigenvalue weighted by Gasteiger charge is 2.46. The fourth-order valence-corrected chi connectivity index (χ4v) is 5.44. The van der Waals surface area contributed by atoms with Crippen molar-refractivity contribution in [3.05, 3.63) is 57.8 Å². The predicted molar refractivity (Wildman–Crippen MR) is 163 cm³/mol. The Hall–Kier alpha value is -3.81. The fourth-order valence-electron chi connectivity index (χ4n) is 5.44. The Morgan fingerprint density at radius 1 is 0.792 bits per heavy atom. The third-order valence-corrected chi connectivity index (χ3v) is 8.18. The molecule has 0 bridgehead atoms. The second kappa shape index (κ2) is 14.4. The van der Waals surface area contributed by atoms with Gasteiger partial charge in [0.15, 0.2) is 5.76 Å². The van der Waals surface area contributed by atoms with Gasteiger partial charge in [0.2, 0.25) is 23.8 Å². The smallest absolute Gasteiger partial charge is 0.239 e. The molecule has 0 aliphatic carbocycles. The largest absolute Gasteiger partial charge is 0.508 e. The first-order valence-corrected chi connectivity index (χ1v) is 15.0. The lowest BCUT2D eigenvalue weighted by Crippen LogP contribution is -2.60. The number of phenols is 2. The molecule has 1 aromatic heterocycles. The van der Waals surface area contributed by atoms with Gasteiger partial charge in [0.05, 0.1) is 13.2 Å². The molecule has 16 nitrogen and oxygen atoms in total. The maximum absolute atomic E-state index is 14.2. The lowest BCUT2D eigenvalue weighted by atomic mass is 9.99. The molecule has 3 heterocycles. The van der Waals surface area contributed by atoms with Gasteiger partial charge in [-0.3, -0.25) is 4.79 Å². The van der Waals surface area contributed by atoms with Crippen LogP contribution in [0.15, 0.2) is 51.2 Å². The van der Waals surface area contributed by atoms with Crippen LogP contribution in [0.2, 0.25) is 0 Å². The number of fused-ring (bicyclic) bond motifs is 1. The number of hydrogen-bond donors (Lipinski definition) is 10. The summed E-state index contributed by atoms with van der Waals surface area (Å²) in [6, 6.07) is 6.37. The van der Waals surface area contributed by atoms with Crippen molar-refractivity contribution in [3.63, 3.8) is 0 Å². The zero-order valence-electron chi connectivity index (χ0n) is 25.8. The molecule has 48 heavy (non-hydrogen) atoms. The Labute approximate surface area is 272 Å². The maximum atomic E-state index is 14.2. The molecule has 2 fully saturated rings. The second-order valence-electron chi connectivity index (χ2n) is 11.8. The number of aliphatic hydroxyl groups is 8. The Morgan fingerprint density at radius 3 is 1.85 bits per heavy atom. The molecule has 16 heteroatoms. The van der Waals surface area contributed by atoms with Gasteiger partial charge in [-0.1, -0.05) is 11.6 Å². The number of phenolic OH excluding ortho intramolecular Hbond substituents is 2. The number of aromatic hydroxyl groups is 2. The van der Waals surface area contributed by atoms with Crippen molar-refractivity contribution in [3.8, 4) is 34.3 Å². The van der Waals surface area contributed by atoms with E-state index in [1.54, 1.807) is 19.9 Å². The van der Waals surface area contributed by atoms with Crippen LogP contribution in [0.4, 0.5) is 0 Å². The number of rotatable bonds is 9. The highest BCUT2D eigenvalue weighted by molar-refractivity contribution is 5.91. The van der Waals surface area contributed by atoms with E-state index in [1.165, 1.54) is 24.3 Å². The molecule has 2 saturated heterocycles. The summed E-state index contributed by atoms with van der Waals surface area (Å²) in [5, 5.41) is 102. The monoisotopic (exact) mass is 678 g/mol. The minimum absolute atomic E-state index is 0.0245. The van der Waals surface area contributed by atoms with Crippen molar-refractivity contribution in [2.75, 3.05) is 13.2 Å². The third-order valence-electron chi connectivity index (χ3n) is 8.18. The Balaban J connectivity index is 1.71. The van der Waals surface area contributed by atoms with Crippen LogP contribution >= 0.6 is 0 Å². The molecule has 3 aromatic rings. The van der Waals surface area contributed by atoms with Gasteiger partial charge in [-0.2, -0.15) is 0 Å². The molecule has 5 rings (SSSR count). The molecule has 262 valence electrons. The molecule has 0 radical (unpaired) electrons. The Bertz CT molecular complexity index is 1680. The number of ether oxygens (including phenoxy) is 4. The van der Waals surface area contributed by atoms with Gasteiger partial charge in [-0.05, 0) is 44.5 Å². The third kappa shape index (κ3) is 6.72. The van der Waals surface area contributed by atoms with Gasteiger partial charge < -0.3 is 74.4 Å². The fraction of sp³-hybridized carbons (Fsp3) is 0.469. The maximum Gasteiger partial charge on any atom is 0.239 e. The van der Waals surface area contributed by atoms with E-state index in [0.29, 0.717) is 0 Å². The van der Waals surface area contributed by atoms with Gasteiger partial charge in [-0.25, -0.2) is 0 Å². The molecular weight excluding hydrogens is 640 g/mol. The lowest BCUT2D eigenvalue weighted by molar-refractivity contribution is -0.277. The van der Waals surface area contributed by atoms with Crippen LogP contribution in [-0.4, -0.2) is 126 Å². The average molecular weight is 679 g/mol. The predicted octanol–water partition coefficient (Wildman–Crippen LogP) is -1.26. The Morgan fingerprint density at radius 2 is 1.33 bits per heavy atom. The van der Waals surface area contributed by atoms with Crippen LogP contribution in [-0.2, 0) is 15.9 Å². The van der Waals surface area contributed by atoms with E-state index >= 15 is 0 Å². The van der Waals surface area contributed by atoms with Crippen LogP contribution in [0, 0.1) is 0 Å². The normalized spacial score (nSPS) is 30.6. The molecule has 0 unspecified atom stereocenters. The van der Waals surface area contributed by atoms with E-state index in [4.69, 9.17) is 23.4 Å². The highest BCUT2D eigenvalue weighted by Crippen LogP contribution is 2.41. The quantitative estimate of drug-likeness (QED) is 0.118. The molecule has 0 saturated carbocycles. The first-order valence-electron chi connectivity index (χ1n) is 15.0. The van der Waals surface area contributed by atoms with Crippen molar-refractivity contribution in [2.24, 2.45) is 0 Å². The summed E-state index contributed by atoms with van der Waals surface area (Å²) in [4.78, 5) is 14.2. The van der Waals surface area contributed by atoms with Crippen LogP contribution in [0.5, 0.6) is 23.0 Å². The van der Waals surface area contributed by atoms with Crippen molar-refractivity contribution >= 4 is 11.0 Å². The summed E-state index contributed by atoms with van der Waals surface area (Å²) in [5.41, 5.74) is -0.0524. The zero-order chi connectivity index (χ0) is 35.0. The van der Waals surface area contributed by atoms with E-state index in [1.807, 2.05) is 0 Å². The van der Waals surface area contributed by atoms with Crippen molar-refractivity contribution < 1.29 is 74.4 Å². The second-order valence-corrected chi connectivity index (χ2v) is 11.8. The minimum atomic E-state index is -1.90. The van der Waals surface area contributed by atoms with E-state index < -0.39 is 96.9 Å². The number of benzene rings is 2. The molecule has 10 atom stereocenters. The summed E-state index contributed by atoms with van der Waals surface area (Å²) in [6.45, 7) is 2.10. The molecular formula is C32H38O16. The average Bonchev–Trinajstić information content (AvgIpc) is 3.05. The topological polar surface area (TPSA) is 269 Å². The minimum Gasteiger partial charge on any atom is -0.508 e. The number of hydrogen-bond acceptors (Lipinski definition) is 16. The van der Waals surface area contributed by atoms with Crippen molar-refractivity contribution in [2.45, 2.75) is 81.7 Å². The van der Waals surface area contributed by atoms with Crippen molar-refractivity contribution in [1.82, 2.24) is 0 Å². The van der Waals surface area contributed by atoms with E-state index in [-0.39, 0.29) is 40.4 Å². The summed E-state index contributed by atoms with van der Waals surface area (Å²) >= 11 is 0. The molecule has 2 aliphatic heterocycles. The lowest BCUT2D eigenvalue weighted by Gasteiger charge is -2.39. The molecule has 0 amide bonds.